The van der Waals surface area contributed by atoms with E-state index in [0.717, 1.165) is 32.0 Å². The number of hydrogen-bond donors (Lipinski definition) is 3. The molecule has 0 amide bonds. The van der Waals surface area contributed by atoms with E-state index >= 15 is 0 Å². The Bertz CT molecular complexity index is 511. The second kappa shape index (κ2) is 7.41. The highest BCUT2D eigenvalue weighted by Crippen LogP contribution is 2.21. The number of nitrogens with one attached hydrogen (secondary N) is 1. The summed E-state index contributed by atoms with van der Waals surface area (Å²) in [5.41, 5.74) is 11.7. The van der Waals surface area contributed by atoms with E-state index in [1.54, 1.807) is 18.3 Å². The molecule has 5 N–H and O–H groups in total. The standard InChI is InChI=1S/C14H23ClN6S/c1-14(2,12(17)9-16)19-22-21-7-5-20(6-8-21)13-4-3-11(15)10-18-13/h3-4,9-10,19H,5-8,16-17H2,1-2H3/b12-9-. The van der Waals surface area contributed by atoms with Crippen LogP contribution in [0.1, 0.15) is 13.8 Å². The molecule has 0 unspecified atom stereocenters. The molecular weight excluding hydrogens is 320 g/mol. The van der Waals surface area contributed by atoms with Gasteiger partial charge in [0.25, 0.3) is 0 Å². The van der Waals surface area contributed by atoms with Crippen LogP contribution in [-0.2, 0) is 0 Å². The fourth-order valence-corrected chi connectivity index (χ4v) is 2.94. The van der Waals surface area contributed by atoms with E-state index in [1.165, 1.54) is 6.20 Å². The molecule has 0 saturated carbocycles. The molecule has 2 heterocycles. The molecule has 1 aliphatic rings. The van der Waals surface area contributed by atoms with Crippen molar-refractivity contribution in [2.75, 3.05) is 31.1 Å². The normalized spacial score (nSPS) is 17.8. The minimum Gasteiger partial charge on any atom is -0.403 e. The van der Waals surface area contributed by atoms with Crippen LogP contribution in [0, 0.1) is 0 Å². The highest BCUT2D eigenvalue weighted by molar-refractivity contribution is 7.95. The van der Waals surface area contributed by atoms with Gasteiger partial charge in [0.15, 0.2) is 0 Å². The first kappa shape index (κ1) is 17.2. The first-order valence-electron chi connectivity index (χ1n) is 7.16. The van der Waals surface area contributed by atoms with Crippen LogP contribution in [0.25, 0.3) is 0 Å². The second-order valence-electron chi connectivity index (χ2n) is 5.69. The number of anilines is 1. The van der Waals surface area contributed by atoms with Gasteiger partial charge in [-0.25, -0.2) is 14.0 Å². The number of halogens is 1. The van der Waals surface area contributed by atoms with E-state index in [9.17, 15) is 0 Å². The summed E-state index contributed by atoms with van der Waals surface area (Å²) in [5.74, 6) is 0.970. The third-order valence-corrected chi connectivity index (χ3v) is 5.05. The molecule has 1 saturated heterocycles. The summed E-state index contributed by atoms with van der Waals surface area (Å²) in [6, 6.07) is 3.83. The Kier molecular flexibility index (Phi) is 5.80. The maximum absolute atomic E-state index is 5.89. The zero-order chi connectivity index (χ0) is 16.2. The lowest BCUT2D eigenvalue weighted by molar-refractivity contribution is 0.418. The van der Waals surface area contributed by atoms with Crippen molar-refractivity contribution in [3.05, 3.63) is 35.2 Å². The van der Waals surface area contributed by atoms with Gasteiger partial charge >= 0.3 is 0 Å². The maximum atomic E-state index is 5.89. The Hall–Kier alpha value is -1.15. The molecule has 1 aliphatic heterocycles. The molecular formula is C14H23ClN6S. The Morgan fingerprint density at radius 1 is 1.36 bits per heavy atom. The quantitative estimate of drug-likeness (QED) is 0.700. The summed E-state index contributed by atoms with van der Waals surface area (Å²) in [6.07, 6.45) is 3.13. The van der Waals surface area contributed by atoms with Gasteiger partial charge in [-0.3, -0.25) is 0 Å². The minimum absolute atomic E-state index is 0.339. The third-order valence-electron chi connectivity index (χ3n) is 3.61. The third kappa shape index (κ3) is 4.42. The molecule has 1 fully saturated rings. The van der Waals surface area contributed by atoms with Gasteiger partial charge in [0.05, 0.1) is 10.6 Å². The predicted molar refractivity (Wildman–Crippen MR) is 94.3 cm³/mol. The lowest BCUT2D eigenvalue weighted by atomic mass is 10.0. The lowest BCUT2D eigenvalue weighted by Gasteiger charge is -2.36. The maximum Gasteiger partial charge on any atom is 0.128 e. The largest absolute Gasteiger partial charge is 0.403 e. The summed E-state index contributed by atoms with van der Waals surface area (Å²) in [4.78, 5) is 6.62. The summed E-state index contributed by atoms with van der Waals surface area (Å²) in [5, 5.41) is 0.662. The monoisotopic (exact) mass is 342 g/mol. The summed E-state index contributed by atoms with van der Waals surface area (Å²) >= 11 is 7.46. The number of piperazine rings is 1. The van der Waals surface area contributed by atoms with Gasteiger partial charge in [-0.1, -0.05) is 11.6 Å². The molecule has 6 nitrogen and oxygen atoms in total. The Balaban J connectivity index is 1.81. The number of hydrogen-bond acceptors (Lipinski definition) is 7. The van der Waals surface area contributed by atoms with Gasteiger partial charge in [-0.05, 0) is 26.0 Å². The van der Waals surface area contributed by atoms with Crippen LogP contribution in [0.3, 0.4) is 0 Å². The van der Waals surface area contributed by atoms with Gasteiger partial charge in [-0.15, -0.1) is 0 Å². The molecule has 0 aliphatic carbocycles. The first-order valence-corrected chi connectivity index (χ1v) is 8.31. The van der Waals surface area contributed by atoms with Gasteiger partial charge < -0.3 is 16.4 Å². The fourth-order valence-electron chi connectivity index (χ4n) is 2.01. The van der Waals surface area contributed by atoms with Crippen molar-refractivity contribution in [3.63, 3.8) is 0 Å². The van der Waals surface area contributed by atoms with E-state index in [0.29, 0.717) is 10.7 Å². The van der Waals surface area contributed by atoms with Gasteiger partial charge in [-0.2, -0.15) is 0 Å². The smallest absolute Gasteiger partial charge is 0.128 e. The zero-order valence-corrected chi connectivity index (χ0v) is 14.5. The highest BCUT2D eigenvalue weighted by atomic mass is 35.5. The molecule has 2 rings (SSSR count). The van der Waals surface area contributed by atoms with Crippen LogP contribution in [0.5, 0.6) is 0 Å². The van der Waals surface area contributed by atoms with Crippen molar-refractivity contribution >= 4 is 29.6 Å². The van der Waals surface area contributed by atoms with E-state index in [1.807, 2.05) is 26.0 Å². The molecule has 1 aromatic rings. The molecule has 8 heteroatoms. The number of rotatable bonds is 5. The molecule has 0 atom stereocenters. The molecule has 0 radical (unpaired) electrons. The van der Waals surface area contributed by atoms with Crippen LogP contribution in [-0.4, -0.2) is 41.0 Å². The van der Waals surface area contributed by atoms with Crippen molar-refractivity contribution in [2.24, 2.45) is 11.5 Å². The van der Waals surface area contributed by atoms with Gasteiger partial charge in [0.1, 0.15) is 5.82 Å². The number of nitrogens with zero attached hydrogens (tertiary/aromatic N) is 3. The first-order chi connectivity index (χ1) is 10.4. The van der Waals surface area contributed by atoms with Gasteiger partial charge in [0, 0.05) is 56.4 Å². The van der Waals surface area contributed by atoms with Crippen LogP contribution < -0.4 is 21.1 Å². The number of aromatic nitrogens is 1. The van der Waals surface area contributed by atoms with Crippen LogP contribution in [0.15, 0.2) is 30.2 Å². The Morgan fingerprint density at radius 3 is 2.59 bits per heavy atom. The lowest BCUT2D eigenvalue weighted by Crippen LogP contribution is -2.48. The molecule has 0 spiro atoms. The number of pyridine rings is 1. The molecule has 0 bridgehead atoms. The van der Waals surface area contributed by atoms with Crippen molar-refractivity contribution in [1.82, 2.24) is 14.0 Å². The second-order valence-corrected chi connectivity index (χ2v) is 7.03. The fraction of sp³-hybridized carbons (Fsp3) is 0.500. The van der Waals surface area contributed by atoms with Crippen molar-refractivity contribution in [3.8, 4) is 0 Å². The Labute approximate surface area is 141 Å². The van der Waals surface area contributed by atoms with Crippen molar-refractivity contribution < 1.29 is 0 Å². The van der Waals surface area contributed by atoms with E-state index in [-0.39, 0.29) is 5.54 Å². The summed E-state index contributed by atoms with van der Waals surface area (Å²) in [6.45, 7) is 7.73. The SMILES string of the molecule is CC(C)(NSN1CCN(c2ccc(Cl)cn2)CC1)/C(N)=C/N. The molecule has 1 aromatic heterocycles. The van der Waals surface area contributed by atoms with E-state index in [2.05, 4.69) is 18.9 Å². The zero-order valence-electron chi connectivity index (χ0n) is 12.9. The van der Waals surface area contributed by atoms with Crippen molar-refractivity contribution in [1.29, 1.82) is 0 Å². The topological polar surface area (TPSA) is 83.4 Å². The average Bonchev–Trinajstić information content (AvgIpc) is 2.53. The number of nitrogens with two attached hydrogens (primary N) is 2. The predicted octanol–water partition coefficient (Wildman–Crippen LogP) is 1.55. The summed E-state index contributed by atoms with van der Waals surface area (Å²) < 4.78 is 5.63. The van der Waals surface area contributed by atoms with Crippen LogP contribution in [0.4, 0.5) is 5.82 Å². The highest BCUT2D eigenvalue weighted by Gasteiger charge is 2.24. The summed E-state index contributed by atoms with van der Waals surface area (Å²) in [7, 11) is 0. The Morgan fingerprint density at radius 2 is 2.05 bits per heavy atom. The van der Waals surface area contributed by atoms with Gasteiger partial charge in [0.2, 0.25) is 0 Å². The van der Waals surface area contributed by atoms with E-state index in [4.69, 9.17) is 23.1 Å². The van der Waals surface area contributed by atoms with Crippen molar-refractivity contribution in [2.45, 2.75) is 19.4 Å². The van der Waals surface area contributed by atoms with Crippen LogP contribution in [0.2, 0.25) is 5.02 Å². The van der Waals surface area contributed by atoms with E-state index < -0.39 is 0 Å². The molecule has 22 heavy (non-hydrogen) atoms. The minimum atomic E-state index is -0.339. The molecule has 122 valence electrons. The van der Waals surface area contributed by atoms with Crippen LogP contribution >= 0.6 is 23.7 Å². The molecule has 0 aromatic carbocycles. The average molecular weight is 343 g/mol.